The monoisotopic (exact) mass is 377 g/mol. The lowest BCUT2D eigenvalue weighted by molar-refractivity contribution is 0.0936. The van der Waals surface area contributed by atoms with Crippen LogP contribution in [0.15, 0.2) is 9.68 Å². The standard InChI is InChI=1S/C18H27N5O2S/c1-12-16(13(2)25-22-12)11-26-18-21-20-17(14-5-7-19-8-6-14)23(18)10-15-4-3-9-24-15/h14-15,19H,3-11H2,1-2H3/t15-/m1/s1. The van der Waals surface area contributed by atoms with Crippen LogP contribution in [-0.4, -0.2) is 45.7 Å². The van der Waals surface area contributed by atoms with Crippen LogP contribution < -0.4 is 5.32 Å². The van der Waals surface area contributed by atoms with Crippen molar-refractivity contribution in [3.05, 3.63) is 22.8 Å². The van der Waals surface area contributed by atoms with Gasteiger partial charge in [0.15, 0.2) is 5.16 Å². The first-order valence-corrected chi connectivity index (χ1v) is 10.5. The van der Waals surface area contributed by atoms with Gasteiger partial charge in [-0.25, -0.2) is 0 Å². The van der Waals surface area contributed by atoms with Crippen molar-refractivity contribution in [2.45, 2.75) is 69.0 Å². The van der Waals surface area contributed by atoms with E-state index in [1.807, 2.05) is 13.8 Å². The van der Waals surface area contributed by atoms with Crippen LogP contribution in [0, 0.1) is 13.8 Å². The van der Waals surface area contributed by atoms with Crippen molar-refractivity contribution in [1.82, 2.24) is 25.2 Å². The lowest BCUT2D eigenvalue weighted by atomic mass is 9.97. The van der Waals surface area contributed by atoms with Gasteiger partial charge in [-0.15, -0.1) is 10.2 Å². The van der Waals surface area contributed by atoms with Crippen molar-refractivity contribution in [2.75, 3.05) is 19.7 Å². The van der Waals surface area contributed by atoms with Gasteiger partial charge in [0.2, 0.25) is 0 Å². The molecular formula is C18H27N5O2S. The Morgan fingerprint density at radius 3 is 2.73 bits per heavy atom. The SMILES string of the molecule is Cc1noc(C)c1CSc1nnc(C2CCNCC2)n1C[C@H]1CCCO1. The minimum absolute atomic E-state index is 0.282. The smallest absolute Gasteiger partial charge is 0.191 e. The van der Waals surface area contributed by atoms with Crippen LogP contribution >= 0.6 is 11.8 Å². The number of aryl methyl sites for hydroxylation is 2. The number of aromatic nitrogens is 4. The van der Waals surface area contributed by atoms with Crippen LogP contribution in [-0.2, 0) is 17.0 Å². The molecule has 2 aromatic heterocycles. The van der Waals surface area contributed by atoms with Crippen LogP contribution in [0.1, 0.15) is 54.4 Å². The maximum Gasteiger partial charge on any atom is 0.191 e. The van der Waals surface area contributed by atoms with Gasteiger partial charge in [-0.2, -0.15) is 0 Å². The second-order valence-corrected chi connectivity index (χ2v) is 8.14. The molecule has 4 heterocycles. The zero-order valence-corrected chi connectivity index (χ0v) is 16.3. The molecule has 0 unspecified atom stereocenters. The highest BCUT2D eigenvalue weighted by molar-refractivity contribution is 7.98. The highest BCUT2D eigenvalue weighted by Gasteiger charge is 2.26. The zero-order chi connectivity index (χ0) is 17.9. The first-order valence-electron chi connectivity index (χ1n) is 9.52. The maximum atomic E-state index is 5.89. The van der Waals surface area contributed by atoms with Crippen molar-refractivity contribution < 1.29 is 9.26 Å². The number of piperidine rings is 1. The summed E-state index contributed by atoms with van der Waals surface area (Å²) in [7, 11) is 0. The predicted octanol–water partition coefficient (Wildman–Crippen LogP) is 2.82. The van der Waals surface area contributed by atoms with Crippen LogP contribution in [0.3, 0.4) is 0 Å². The van der Waals surface area contributed by atoms with E-state index in [0.717, 1.165) is 85.7 Å². The molecule has 0 aliphatic carbocycles. The number of hydrogen-bond acceptors (Lipinski definition) is 7. The number of nitrogens with zero attached hydrogens (tertiary/aromatic N) is 4. The molecule has 0 saturated carbocycles. The van der Waals surface area contributed by atoms with Crippen molar-refractivity contribution in [1.29, 1.82) is 0 Å². The number of thioether (sulfide) groups is 1. The Hall–Kier alpha value is -1.38. The Morgan fingerprint density at radius 1 is 1.19 bits per heavy atom. The average molecular weight is 378 g/mol. The largest absolute Gasteiger partial charge is 0.376 e. The fourth-order valence-electron chi connectivity index (χ4n) is 3.80. The first kappa shape index (κ1) is 18.0. The van der Waals surface area contributed by atoms with Crippen LogP contribution in [0.25, 0.3) is 0 Å². The van der Waals surface area contributed by atoms with Gasteiger partial charge < -0.3 is 19.1 Å². The van der Waals surface area contributed by atoms with Gasteiger partial charge in [0, 0.05) is 23.8 Å². The molecule has 4 rings (SSSR count). The van der Waals surface area contributed by atoms with Gasteiger partial charge in [-0.05, 0) is 52.6 Å². The van der Waals surface area contributed by atoms with Crippen molar-refractivity contribution in [3.8, 4) is 0 Å². The van der Waals surface area contributed by atoms with E-state index in [-0.39, 0.29) is 6.10 Å². The quantitative estimate of drug-likeness (QED) is 0.776. The summed E-state index contributed by atoms with van der Waals surface area (Å²) in [6.45, 7) is 7.79. The van der Waals surface area contributed by atoms with E-state index in [9.17, 15) is 0 Å². The van der Waals surface area contributed by atoms with Crippen LogP contribution in [0.5, 0.6) is 0 Å². The molecule has 0 radical (unpaired) electrons. The summed E-state index contributed by atoms with van der Waals surface area (Å²) in [6, 6.07) is 0. The van der Waals surface area contributed by atoms with Crippen molar-refractivity contribution in [3.63, 3.8) is 0 Å². The second-order valence-electron chi connectivity index (χ2n) is 7.20. The highest BCUT2D eigenvalue weighted by Crippen LogP contribution is 2.31. The summed E-state index contributed by atoms with van der Waals surface area (Å²) in [4.78, 5) is 0. The Kier molecular flexibility index (Phi) is 5.61. The fraction of sp³-hybridized carbons (Fsp3) is 0.722. The average Bonchev–Trinajstić information content (AvgIpc) is 3.38. The van der Waals surface area contributed by atoms with E-state index in [1.54, 1.807) is 11.8 Å². The minimum Gasteiger partial charge on any atom is -0.376 e. The molecule has 2 fully saturated rings. The lowest BCUT2D eigenvalue weighted by Crippen LogP contribution is -2.29. The Balaban J connectivity index is 1.55. The first-order chi connectivity index (χ1) is 12.7. The van der Waals surface area contributed by atoms with E-state index < -0.39 is 0 Å². The summed E-state index contributed by atoms with van der Waals surface area (Å²) >= 11 is 1.72. The molecule has 2 aliphatic heterocycles. The molecular weight excluding hydrogens is 350 g/mol. The summed E-state index contributed by atoms with van der Waals surface area (Å²) in [5.41, 5.74) is 2.11. The van der Waals surface area contributed by atoms with E-state index in [2.05, 4.69) is 25.2 Å². The zero-order valence-electron chi connectivity index (χ0n) is 15.5. The van der Waals surface area contributed by atoms with Gasteiger partial charge in [-0.1, -0.05) is 16.9 Å². The third-order valence-corrected chi connectivity index (χ3v) is 6.38. The molecule has 0 bridgehead atoms. The van der Waals surface area contributed by atoms with Crippen LogP contribution in [0.4, 0.5) is 0 Å². The number of rotatable bonds is 6. The van der Waals surface area contributed by atoms with Gasteiger partial charge in [0.1, 0.15) is 11.6 Å². The number of ether oxygens (including phenoxy) is 1. The molecule has 0 amide bonds. The van der Waals surface area contributed by atoms with E-state index in [1.165, 1.54) is 0 Å². The second kappa shape index (κ2) is 8.10. The van der Waals surface area contributed by atoms with Gasteiger partial charge in [-0.3, -0.25) is 0 Å². The molecule has 1 atom stereocenters. The molecule has 26 heavy (non-hydrogen) atoms. The highest BCUT2D eigenvalue weighted by atomic mass is 32.2. The van der Waals surface area contributed by atoms with Crippen LogP contribution in [0.2, 0.25) is 0 Å². The molecule has 2 aromatic rings. The van der Waals surface area contributed by atoms with Gasteiger partial charge >= 0.3 is 0 Å². The van der Waals surface area contributed by atoms with Gasteiger partial charge in [0.05, 0.1) is 18.3 Å². The Labute approximate surface area is 158 Å². The maximum absolute atomic E-state index is 5.89. The Morgan fingerprint density at radius 2 is 2.04 bits per heavy atom. The lowest BCUT2D eigenvalue weighted by Gasteiger charge is -2.23. The minimum atomic E-state index is 0.282. The summed E-state index contributed by atoms with van der Waals surface area (Å²) in [5, 5.41) is 17.6. The molecule has 0 aromatic carbocycles. The molecule has 7 nitrogen and oxygen atoms in total. The third-order valence-electron chi connectivity index (χ3n) is 5.39. The fourth-order valence-corrected chi connectivity index (χ4v) is 4.91. The van der Waals surface area contributed by atoms with Gasteiger partial charge in [0.25, 0.3) is 0 Å². The van der Waals surface area contributed by atoms with E-state index in [4.69, 9.17) is 9.26 Å². The molecule has 2 saturated heterocycles. The Bertz CT molecular complexity index is 713. The summed E-state index contributed by atoms with van der Waals surface area (Å²) < 4.78 is 13.5. The molecule has 142 valence electrons. The molecule has 0 spiro atoms. The van der Waals surface area contributed by atoms with Crippen molar-refractivity contribution in [2.24, 2.45) is 0 Å². The molecule has 8 heteroatoms. The number of hydrogen-bond donors (Lipinski definition) is 1. The summed E-state index contributed by atoms with van der Waals surface area (Å²) in [6.07, 6.45) is 4.80. The topological polar surface area (TPSA) is 78.0 Å². The summed E-state index contributed by atoms with van der Waals surface area (Å²) in [5.74, 6) is 3.30. The van der Waals surface area contributed by atoms with Crippen molar-refractivity contribution >= 4 is 11.8 Å². The molecule has 1 N–H and O–H groups in total. The van der Waals surface area contributed by atoms with E-state index in [0.29, 0.717) is 5.92 Å². The molecule has 2 aliphatic rings. The third kappa shape index (κ3) is 3.82. The normalized spacial score (nSPS) is 21.5. The van der Waals surface area contributed by atoms with E-state index >= 15 is 0 Å². The predicted molar refractivity (Wildman–Crippen MR) is 99.4 cm³/mol. The number of nitrogens with one attached hydrogen (secondary N) is 1.